The number of carboxylic acid groups (broad SMARTS) is 1. The third-order valence-corrected chi connectivity index (χ3v) is 3.38. The molecule has 1 amide bonds. The predicted molar refractivity (Wildman–Crippen MR) is 75.5 cm³/mol. The van der Waals surface area contributed by atoms with E-state index >= 15 is 0 Å². The molecular weight excluding hydrogens is 277 g/mol. The van der Waals surface area contributed by atoms with E-state index in [1.807, 2.05) is 0 Å². The number of nitrogens with one attached hydrogen (secondary N) is 2. The van der Waals surface area contributed by atoms with Crippen molar-refractivity contribution in [3.05, 3.63) is 30.1 Å². The lowest BCUT2D eigenvalue weighted by molar-refractivity contribution is -0.145. The first-order valence-corrected chi connectivity index (χ1v) is 6.79. The van der Waals surface area contributed by atoms with Crippen LogP contribution in [-0.4, -0.2) is 54.1 Å². The third-order valence-electron chi connectivity index (χ3n) is 3.38. The Labute approximate surface area is 121 Å². The minimum absolute atomic E-state index is 0.132. The summed E-state index contributed by atoms with van der Waals surface area (Å²) in [4.78, 5) is 25.1. The van der Waals surface area contributed by atoms with Crippen LogP contribution in [0.4, 0.5) is 10.1 Å². The number of rotatable bonds is 5. The fourth-order valence-electron chi connectivity index (χ4n) is 2.29. The number of hydrogen-bond donors (Lipinski definition) is 3. The lowest BCUT2D eigenvalue weighted by Crippen LogP contribution is -2.52. The average Bonchev–Trinajstić information content (AvgIpc) is 2.48. The monoisotopic (exact) mass is 295 g/mol. The quantitative estimate of drug-likeness (QED) is 0.737. The predicted octanol–water partition coefficient (Wildman–Crippen LogP) is 0.513. The number of anilines is 1. The van der Waals surface area contributed by atoms with Gasteiger partial charge in [-0.25, -0.2) is 4.39 Å². The highest BCUT2D eigenvalue weighted by Crippen LogP contribution is 2.11. The Hall–Kier alpha value is -1.99. The Balaban J connectivity index is 1.94. The maximum absolute atomic E-state index is 12.8. The standard InChI is InChI=1S/C14H18FN3O3/c15-10-1-3-11(4-2-10)17-13(19)9-12(14(20)21)18-7-5-16-6-8-18/h1-4,12,16H,5-9H2,(H,17,19)(H,20,21)/t12-/m1/s1. The molecule has 7 heteroatoms. The molecule has 1 fully saturated rings. The SMILES string of the molecule is O=C(C[C@H](C(=O)O)N1CCNCC1)Nc1ccc(F)cc1. The van der Waals surface area contributed by atoms with E-state index in [1.165, 1.54) is 24.3 Å². The van der Waals surface area contributed by atoms with Crippen LogP contribution in [0.5, 0.6) is 0 Å². The van der Waals surface area contributed by atoms with Crippen LogP contribution in [0.2, 0.25) is 0 Å². The molecule has 1 atom stereocenters. The number of carbonyl (C=O) groups excluding carboxylic acids is 1. The van der Waals surface area contributed by atoms with E-state index in [-0.39, 0.29) is 6.42 Å². The minimum atomic E-state index is -1.01. The van der Waals surface area contributed by atoms with Gasteiger partial charge in [0.1, 0.15) is 11.9 Å². The van der Waals surface area contributed by atoms with Gasteiger partial charge in [-0.3, -0.25) is 14.5 Å². The van der Waals surface area contributed by atoms with Crippen molar-refractivity contribution in [2.45, 2.75) is 12.5 Å². The Morgan fingerprint density at radius 2 is 1.90 bits per heavy atom. The molecule has 6 nitrogen and oxygen atoms in total. The molecule has 1 saturated heterocycles. The van der Waals surface area contributed by atoms with Gasteiger partial charge in [0.2, 0.25) is 5.91 Å². The van der Waals surface area contributed by atoms with Gasteiger partial charge in [0.25, 0.3) is 0 Å². The fraction of sp³-hybridized carbons (Fsp3) is 0.429. The maximum Gasteiger partial charge on any atom is 0.321 e. The molecule has 3 N–H and O–H groups in total. The van der Waals surface area contributed by atoms with Crippen molar-refractivity contribution in [2.24, 2.45) is 0 Å². The van der Waals surface area contributed by atoms with E-state index in [2.05, 4.69) is 10.6 Å². The number of piperazine rings is 1. The zero-order valence-corrected chi connectivity index (χ0v) is 11.5. The zero-order chi connectivity index (χ0) is 15.2. The molecular formula is C14H18FN3O3. The van der Waals surface area contributed by atoms with E-state index in [4.69, 9.17) is 0 Å². The molecule has 0 aromatic heterocycles. The van der Waals surface area contributed by atoms with Crippen LogP contribution in [0.1, 0.15) is 6.42 Å². The second kappa shape index (κ2) is 7.14. The minimum Gasteiger partial charge on any atom is -0.480 e. The Morgan fingerprint density at radius 1 is 1.29 bits per heavy atom. The van der Waals surface area contributed by atoms with Crippen molar-refractivity contribution in [3.8, 4) is 0 Å². The number of halogens is 1. The van der Waals surface area contributed by atoms with Crippen LogP contribution in [0.15, 0.2) is 24.3 Å². The van der Waals surface area contributed by atoms with Crippen LogP contribution in [0.25, 0.3) is 0 Å². The number of carboxylic acids is 1. The summed E-state index contributed by atoms with van der Waals surface area (Å²) in [6.07, 6.45) is -0.132. The number of aliphatic carboxylic acids is 1. The van der Waals surface area contributed by atoms with Gasteiger partial charge in [0.05, 0.1) is 6.42 Å². The van der Waals surface area contributed by atoms with Crippen LogP contribution < -0.4 is 10.6 Å². The Kier molecular flexibility index (Phi) is 5.24. The summed E-state index contributed by atoms with van der Waals surface area (Å²) in [5.74, 6) is -1.80. The van der Waals surface area contributed by atoms with Gasteiger partial charge in [0, 0.05) is 31.9 Å². The van der Waals surface area contributed by atoms with Crippen molar-refractivity contribution < 1.29 is 19.1 Å². The Bertz CT molecular complexity index is 501. The molecule has 0 aliphatic carbocycles. The van der Waals surface area contributed by atoms with Crippen LogP contribution in [-0.2, 0) is 9.59 Å². The first-order valence-electron chi connectivity index (χ1n) is 6.79. The molecule has 21 heavy (non-hydrogen) atoms. The lowest BCUT2D eigenvalue weighted by Gasteiger charge is -2.32. The molecule has 0 radical (unpaired) electrons. The molecule has 0 unspecified atom stereocenters. The molecule has 1 aliphatic rings. The molecule has 2 rings (SSSR count). The molecule has 114 valence electrons. The smallest absolute Gasteiger partial charge is 0.321 e. The second-order valence-electron chi connectivity index (χ2n) is 4.90. The van der Waals surface area contributed by atoms with Gasteiger partial charge in [-0.05, 0) is 24.3 Å². The number of benzene rings is 1. The second-order valence-corrected chi connectivity index (χ2v) is 4.90. The van der Waals surface area contributed by atoms with Gasteiger partial charge in [-0.2, -0.15) is 0 Å². The molecule has 1 aromatic carbocycles. The fourth-order valence-corrected chi connectivity index (χ4v) is 2.29. The summed E-state index contributed by atoms with van der Waals surface area (Å²) in [5, 5.41) is 15.0. The van der Waals surface area contributed by atoms with E-state index in [9.17, 15) is 19.1 Å². The summed E-state index contributed by atoms with van der Waals surface area (Å²) >= 11 is 0. The van der Waals surface area contributed by atoms with E-state index in [0.29, 0.717) is 31.9 Å². The largest absolute Gasteiger partial charge is 0.480 e. The number of carbonyl (C=O) groups is 2. The van der Waals surface area contributed by atoms with Gasteiger partial charge in [-0.15, -0.1) is 0 Å². The molecule has 1 heterocycles. The number of amides is 1. The van der Waals surface area contributed by atoms with Gasteiger partial charge in [-0.1, -0.05) is 0 Å². The van der Waals surface area contributed by atoms with Crippen molar-refractivity contribution in [2.75, 3.05) is 31.5 Å². The third kappa shape index (κ3) is 4.51. The first kappa shape index (κ1) is 15.4. The average molecular weight is 295 g/mol. The van der Waals surface area contributed by atoms with E-state index < -0.39 is 23.7 Å². The summed E-state index contributed by atoms with van der Waals surface area (Å²) in [5.41, 5.74) is 0.450. The summed E-state index contributed by atoms with van der Waals surface area (Å²) < 4.78 is 12.8. The van der Waals surface area contributed by atoms with Crippen LogP contribution in [0, 0.1) is 5.82 Å². The first-order chi connectivity index (χ1) is 10.1. The van der Waals surface area contributed by atoms with E-state index in [1.54, 1.807) is 4.90 Å². The topological polar surface area (TPSA) is 81.7 Å². The number of nitrogens with zero attached hydrogens (tertiary/aromatic N) is 1. The summed E-state index contributed by atoms with van der Waals surface area (Å²) in [6, 6.07) is 4.51. The number of hydrogen-bond acceptors (Lipinski definition) is 4. The maximum atomic E-state index is 12.8. The van der Waals surface area contributed by atoms with Crippen molar-refractivity contribution in [3.63, 3.8) is 0 Å². The summed E-state index contributed by atoms with van der Waals surface area (Å²) in [7, 11) is 0. The Morgan fingerprint density at radius 3 is 2.48 bits per heavy atom. The molecule has 1 aliphatic heterocycles. The highest BCUT2D eigenvalue weighted by molar-refractivity contribution is 5.94. The molecule has 0 saturated carbocycles. The summed E-state index contributed by atoms with van der Waals surface area (Å²) in [6.45, 7) is 2.62. The van der Waals surface area contributed by atoms with Crippen LogP contribution >= 0.6 is 0 Å². The van der Waals surface area contributed by atoms with Crippen molar-refractivity contribution >= 4 is 17.6 Å². The molecule has 0 bridgehead atoms. The van der Waals surface area contributed by atoms with Gasteiger partial charge in [0.15, 0.2) is 0 Å². The zero-order valence-electron chi connectivity index (χ0n) is 11.5. The highest BCUT2D eigenvalue weighted by atomic mass is 19.1. The van der Waals surface area contributed by atoms with E-state index in [0.717, 1.165) is 0 Å². The van der Waals surface area contributed by atoms with Gasteiger partial charge >= 0.3 is 5.97 Å². The van der Waals surface area contributed by atoms with Crippen molar-refractivity contribution in [1.82, 2.24) is 10.2 Å². The van der Waals surface area contributed by atoms with Crippen molar-refractivity contribution in [1.29, 1.82) is 0 Å². The van der Waals surface area contributed by atoms with Gasteiger partial charge < -0.3 is 15.7 Å². The van der Waals surface area contributed by atoms with Crippen LogP contribution in [0.3, 0.4) is 0 Å². The highest BCUT2D eigenvalue weighted by Gasteiger charge is 2.28. The normalized spacial score (nSPS) is 17.2. The lowest BCUT2D eigenvalue weighted by atomic mass is 10.1. The molecule has 1 aromatic rings. The molecule has 0 spiro atoms.